The number of carboxylic acid groups (broad SMARTS) is 3. The van der Waals surface area contributed by atoms with Gasteiger partial charge in [0.15, 0.2) is 22.8 Å². The van der Waals surface area contributed by atoms with Gasteiger partial charge in [0.1, 0.15) is 23.6 Å². The Hall–Kier alpha value is -12.8. The Balaban J connectivity index is 0.000000342. The summed E-state index contributed by atoms with van der Waals surface area (Å²) in [7, 11) is -0.512. The molecule has 6 amide bonds. The molecule has 6 aliphatic heterocycles. The molecule has 0 spiro atoms. The third kappa shape index (κ3) is 26.1. The summed E-state index contributed by atoms with van der Waals surface area (Å²) in [6.07, 6.45) is 21.1. The van der Waals surface area contributed by atoms with Crippen LogP contribution in [0.25, 0.3) is 0 Å². The van der Waals surface area contributed by atoms with Gasteiger partial charge in [-0.25, -0.2) is 36.7 Å². The minimum atomic E-state index is -4.09. The van der Waals surface area contributed by atoms with Gasteiger partial charge in [0.05, 0.1) is 67.5 Å². The molecule has 2 aromatic rings. The van der Waals surface area contributed by atoms with E-state index in [1.807, 2.05) is 50.8 Å². The van der Waals surface area contributed by atoms with Crippen molar-refractivity contribution < 1.29 is 117 Å². The van der Waals surface area contributed by atoms with Gasteiger partial charge in [0.2, 0.25) is 31.6 Å². The molecule has 621 valence electrons. The van der Waals surface area contributed by atoms with Crippen molar-refractivity contribution in [2.75, 3.05) is 75.2 Å². The van der Waals surface area contributed by atoms with Gasteiger partial charge < -0.3 is 55.0 Å². The standard InChI is InChI=1S/2C32H33N10O6S.3C3H6O3.Fe/c2*1-20-27(30(44)41(18-8-15-39(3)4)32(46)29(20)40-16-6-5-7-17-40)36-34-22-9-11-23(12-10-22)42-31(45)28(21(2)38-42)37-35-25-19-24(49(33,47)48)13-14-26(25)43;3*1-2(4)3(5)6;/h2*5-7,9-14,16-17,19,34H,8,15,18H2,1-4H3,(H2,33,47,48);3*2,4H,1H3,(H,5,6);/q2*-1;;;;+3/p-1/b2*35-25+,36-27-,37-28-;;;;. The average molecular weight is 1700 g/mol. The smallest absolute Gasteiger partial charge is 0.547 e. The number of ketones is 2. The van der Waals surface area contributed by atoms with Gasteiger partial charge in [-0.1, -0.05) is 0 Å². The van der Waals surface area contributed by atoms with Crippen LogP contribution in [-0.2, 0) is 89.9 Å². The number of allylic oxidation sites excluding steroid dienone is 10. The molecule has 2 aromatic carbocycles. The van der Waals surface area contributed by atoms with Crippen molar-refractivity contribution in [3.8, 4) is 0 Å². The van der Waals surface area contributed by atoms with Gasteiger partial charge in [-0.2, -0.15) is 67.6 Å². The van der Waals surface area contributed by atoms with Gasteiger partial charge in [-0.3, -0.25) is 59.0 Å². The number of anilines is 4. The van der Waals surface area contributed by atoms with Crippen LogP contribution in [0.5, 0.6) is 0 Å². The van der Waals surface area contributed by atoms with E-state index >= 15 is 0 Å². The minimum Gasteiger partial charge on any atom is -0.547 e. The molecule has 3 unspecified atom stereocenters. The number of carbonyl (C=O) groups is 11. The zero-order chi connectivity index (χ0) is 86.4. The van der Waals surface area contributed by atoms with E-state index in [2.05, 4.69) is 51.7 Å². The zero-order valence-corrected chi connectivity index (χ0v) is 67.3. The van der Waals surface area contributed by atoms with Crippen molar-refractivity contribution in [3.05, 3.63) is 179 Å². The minimum absolute atomic E-state index is 0. The molecule has 8 aliphatic rings. The number of amides is 6. The van der Waals surface area contributed by atoms with Crippen LogP contribution in [0.3, 0.4) is 0 Å². The van der Waals surface area contributed by atoms with Crippen LogP contribution >= 0.6 is 0 Å². The maximum atomic E-state index is 13.5. The first-order chi connectivity index (χ1) is 54.4. The topological polar surface area (TPSA) is 581 Å². The quantitative estimate of drug-likeness (QED) is 0.0230. The summed E-state index contributed by atoms with van der Waals surface area (Å²) in [5.74, 6) is -8.14. The number of nitrogens with zero attached hydrogens (tertiary/aromatic N) is 16. The number of sulfonamides is 2. The number of carboxylic acids is 3. The molecule has 2 aliphatic carbocycles. The van der Waals surface area contributed by atoms with Crippen LogP contribution < -0.4 is 36.3 Å². The molecule has 0 saturated carbocycles. The van der Waals surface area contributed by atoms with E-state index in [1.165, 1.54) is 37.5 Å². The van der Waals surface area contributed by atoms with E-state index in [1.54, 1.807) is 121 Å². The number of hydrogen-bond acceptors (Lipinski definition) is 33. The Labute approximate surface area is 681 Å². The van der Waals surface area contributed by atoms with Gasteiger partial charge in [0.25, 0.3) is 23.6 Å². The van der Waals surface area contributed by atoms with Crippen molar-refractivity contribution in [1.29, 1.82) is 0 Å². The van der Waals surface area contributed by atoms with Crippen LogP contribution in [-0.4, -0.2) is 255 Å². The monoisotopic (exact) mass is 1700 g/mol. The summed E-state index contributed by atoms with van der Waals surface area (Å²) < 4.78 is 46.6. The van der Waals surface area contributed by atoms with Crippen molar-refractivity contribution in [3.63, 3.8) is 0 Å². The van der Waals surface area contributed by atoms with E-state index in [0.29, 0.717) is 71.2 Å². The number of nitrogens with one attached hydrogen (secondary N) is 2. The first-order valence-corrected chi connectivity index (χ1v) is 37.6. The fourth-order valence-corrected chi connectivity index (χ4v) is 11.0. The predicted octanol–water partition coefficient (Wildman–Crippen LogP) is -0.128. The van der Waals surface area contributed by atoms with Crippen LogP contribution in [0.2, 0.25) is 0 Å². The number of aliphatic hydroxyl groups excluding tert-OH is 3. The first kappa shape index (κ1) is 94.8. The second kappa shape index (κ2) is 42.6. The van der Waals surface area contributed by atoms with Crippen molar-refractivity contribution in [1.82, 2.24) is 29.4 Å². The van der Waals surface area contributed by atoms with Crippen molar-refractivity contribution in [2.24, 2.45) is 51.1 Å². The molecule has 117 heavy (non-hydrogen) atoms. The molecular formula is C73H83FeN20O21S2. The third-order valence-corrected chi connectivity index (χ3v) is 17.8. The molecule has 0 fully saturated rings. The van der Waals surface area contributed by atoms with E-state index in [0.717, 1.165) is 53.4 Å². The molecule has 3 atom stereocenters. The Morgan fingerprint density at radius 3 is 1.09 bits per heavy atom. The van der Waals surface area contributed by atoms with E-state index < -0.39 is 103 Å². The SMILES string of the molecule is CC(O)C(=O)O.CC(O)C(=O)O.CC(O)C(=O)[O-].CC1=NN(c2ccc(N/N=C3\C(=O)N(CCCN(C)C)C(=O)C(N4C=C[CH-]C=C4)=C3C)cc2)C(=O)/C1=N\N=C1/C=C(S(N)(=O)=O)C=CC1=O.CC1=NN(c2ccc(N/N=C3\C(=O)N(CCCN(C)C)C(=O)C(N4C=C[CH-]C=C4)=C3C)cc2)C(=O)/C1=N\N=C1/C=C(S(N)(=O)=O)C=CC1=O.[Fe+3]. The van der Waals surface area contributed by atoms with Crippen LogP contribution in [0.15, 0.2) is 207 Å². The largest absolute Gasteiger partial charge is 3.00 e. The second-order valence-electron chi connectivity index (χ2n) is 25.7. The number of rotatable bonds is 23. The average Bonchev–Trinajstić information content (AvgIpc) is 1.31. The van der Waals surface area contributed by atoms with Crippen molar-refractivity contribution >= 4 is 153 Å². The summed E-state index contributed by atoms with van der Waals surface area (Å²) in [6.45, 7) is 11.7. The number of hydrazone groups is 4. The molecule has 0 aromatic heterocycles. The van der Waals surface area contributed by atoms with E-state index in [-0.39, 0.29) is 85.7 Å². The molecule has 41 nitrogen and oxygen atoms in total. The molecule has 10 rings (SSSR count). The van der Waals surface area contributed by atoms with Crippen LogP contribution in [0.4, 0.5) is 22.7 Å². The molecular weight excluding hydrogens is 1610 g/mol. The Bertz CT molecular complexity index is 4760. The van der Waals surface area contributed by atoms with Gasteiger partial charge in [0, 0.05) is 24.2 Å². The fraction of sp³-hybridized carbons (Fsp3) is 0.274. The molecule has 0 bridgehead atoms. The van der Waals surface area contributed by atoms with E-state index in [4.69, 9.17) is 35.8 Å². The fourth-order valence-electron chi connectivity index (χ4n) is 9.91. The summed E-state index contributed by atoms with van der Waals surface area (Å²) in [5, 5.41) is 93.9. The molecule has 44 heteroatoms. The Kier molecular flexibility index (Phi) is 34.5. The molecule has 6 heterocycles. The second-order valence-corrected chi connectivity index (χ2v) is 28.8. The normalized spacial score (nSPS) is 19.5. The zero-order valence-electron chi connectivity index (χ0n) is 64.6. The Morgan fingerprint density at radius 2 is 0.812 bits per heavy atom. The maximum Gasteiger partial charge on any atom is 3.00 e. The van der Waals surface area contributed by atoms with E-state index in [9.17, 15) is 74.7 Å². The van der Waals surface area contributed by atoms with Gasteiger partial charge >= 0.3 is 40.8 Å². The predicted molar refractivity (Wildman–Crippen MR) is 426 cm³/mol. The van der Waals surface area contributed by atoms with Gasteiger partial charge in [-0.15, -0.1) is 45.2 Å². The van der Waals surface area contributed by atoms with Crippen molar-refractivity contribution in [2.45, 2.75) is 79.6 Å². The number of imide groups is 2. The number of primary sulfonamides is 2. The first-order valence-electron chi connectivity index (χ1n) is 34.5. The summed E-state index contributed by atoms with van der Waals surface area (Å²) >= 11 is 0. The number of aliphatic hydroxyl groups is 3. The molecule has 0 saturated heterocycles. The number of aliphatic carboxylic acids is 3. The number of benzene rings is 2. The van der Waals surface area contributed by atoms with Crippen LogP contribution in [0, 0.1) is 12.8 Å². The summed E-state index contributed by atoms with van der Waals surface area (Å²) in [5.41, 5.74) is 8.58. The summed E-state index contributed by atoms with van der Waals surface area (Å²) in [4.78, 5) is 142. The summed E-state index contributed by atoms with van der Waals surface area (Å²) in [6, 6.07) is 12.9. The van der Waals surface area contributed by atoms with Gasteiger partial charge in [-0.05, 0) is 188 Å². The Morgan fingerprint density at radius 1 is 0.504 bits per heavy atom. The third-order valence-electron chi connectivity index (χ3n) is 16.0. The maximum absolute atomic E-state index is 13.5. The number of hydrogen-bond donors (Lipinski definition) is 9. The number of nitrogens with two attached hydrogens (primary N) is 2. The molecule has 1 radical (unpaired) electrons. The van der Waals surface area contributed by atoms with Crippen LogP contribution in [0.1, 0.15) is 61.3 Å². The molecule has 11 N–H and O–H groups in total. The number of carbonyl (C=O) groups excluding carboxylic acids is 9.